The number of halogens is 1. The van der Waals surface area contributed by atoms with Gasteiger partial charge in [0.1, 0.15) is 17.9 Å². The zero-order chi connectivity index (χ0) is 24.1. The van der Waals surface area contributed by atoms with Crippen LogP contribution >= 0.6 is 11.8 Å². The third-order valence-corrected chi connectivity index (χ3v) is 5.27. The van der Waals surface area contributed by atoms with Gasteiger partial charge in [0, 0.05) is 18.9 Å². The molecule has 176 valence electrons. The van der Waals surface area contributed by atoms with E-state index < -0.39 is 35.5 Å². The minimum atomic E-state index is -1.03. The Morgan fingerprint density at radius 2 is 1.59 bits per heavy atom. The van der Waals surface area contributed by atoms with Crippen molar-refractivity contribution in [1.29, 1.82) is 5.41 Å². The van der Waals surface area contributed by atoms with E-state index >= 15 is 0 Å². The fourth-order valence-corrected chi connectivity index (χ4v) is 3.13. The topological polar surface area (TPSA) is 128 Å². The quantitative estimate of drug-likeness (QED) is 0.311. The molecule has 32 heavy (non-hydrogen) atoms. The van der Waals surface area contributed by atoms with Crippen molar-refractivity contribution in [3.05, 3.63) is 35.6 Å². The summed E-state index contributed by atoms with van der Waals surface area (Å²) >= 11 is 1.53. The number of thioether (sulfide) groups is 1. The van der Waals surface area contributed by atoms with Crippen molar-refractivity contribution in [1.82, 2.24) is 16.0 Å². The highest BCUT2D eigenvalue weighted by Crippen LogP contribution is 2.07. The second-order valence-corrected chi connectivity index (χ2v) is 8.54. The van der Waals surface area contributed by atoms with E-state index in [1.165, 1.54) is 36.0 Å². The van der Waals surface area contributed by atoms with Gasteiger partial charge >= 0.3 is 0 Å². The monoisotopic (exact) mass is 466 g/mol. The van der Waals surface area contributed by atoms with Gasteiger partial charge in [-0.1, -0.05) is 26.0 Å². The van der Waals surface area contributed by atoms with Gasteiger partial charge in [0.2, 0.25) is 17.7 Å². The van der Waals surface area contributed by atoms with Crippen LogP contribution in [0.25, 0.3) is 0 Å². The van der Waals surface area contributed by atoms with Gasteiger partial charge in [-0.2, -0.15) is 11.8 Å². The summed E-state index contributed by atoms with van der Waals surface area (Å²) in [6, 6.07) is 3.76. The molecule has 1 aromatic carbocycles. The molecule has 0 radical (unpaired) electrons. The van der Waals surface area contributed by atoms with E-state index in [2.05, 4.69) is 16.0 Å². The maximum absolute atomic E-state index is 13.1. The van der Waals surface area contributed by atoms with Crippen LogP contribution in [0.5, 0.6) is 0 Å². The number of ketones is 1. The number of carbonyl (C=O) groups excluding carboxylic acids is 4. The number of nitrogens with one attached hydrogen (secondary N) is 4. The second kappa shape index (κ2) is 14.3. The smallest absolute Gasteiger partial charge is 0.243 e. The number of hydrogen-bond acceptors (Lipinski definition) is 6. The molecule has 10 heteroatoms. The van der Waals surface area contributed by atoms with Gasteiger partial charge in [-0.05, 0) is 42.5 Å². The summed E-state index contributed by atoms with van der Waals surface area (Å²) in [5, 5.41) is 15.0. The zero-order valence-corrected chi connectivity index (χ0v) is 19.4. The molecule has 3 amide bonds. The summed E-state index contributed by atoms with van der Waals surface area (Å²) in [5.74, 6) is -1.85. The van der Waals surface area contributed by atoms with Crippen molar-refractivity contribution in [3.63, 3.8) is 0 Å². The molecule has 0 saturated carbocycles. The fraction of sp³-hybridized carbons (Fsp3) is 0.500. The Morgan fingerprint density at radius 3 is 2.16 bits per heavy atom. The molecule has 0 bridgehead atoms. The lowest BCUT2D eigenvalue weighted by atomic mass is 10.1. The molecule has 0 heterocycles. The van der Waals surface area contributed by atoms with Crippen LogP contribution in [0.4, 0.5) is 4.39 Å². The highest BCUT2D eigenvalue weighted by atomic mass is 32.2. The molecule has 2 atom stereocenters. The van der Waals surface area contributed by atoms with E-state index in [-0.39, 0.29) is 31.2 Å². The average Bonchev–Trinajstić information content (AvgIpc) is 2.77. The predicted octanol–water partition coefficient (Wildman–Crippen LogP) is 1.82. The van der Waals surface area contributed by atoms with E-state index in [1.807, 2.05) is 6.26 Å². The Balaban J connectivity index is 2.88. The lowest BCUT2D eigenvalue weighted by Crippen LogP contribution is -2.54. The molecule has 4 N–H and O–H groups in total. The van der Waals surface area contributed by atoms with Crippen LogP contribution in [0, 0.1) is 17.1 Å². The molecule has 0 aliphatic heterocycles. The number of amides is 3. The van der Waals surface area contributed by atoms with Gasteiger partial charge in [-0.25, -0.2) is 4.39 Å². The summed E-state index contributed by atoms with van der Waals surface area (Å²) in [7, 11) is 0. The van der Waals surface area contributed by atoms with Gasteiger partial charge < -0.3 is 21.4 Å². The Morgan fingerprint density at radius 1 is 1.00 bits per heavy atom. The van der Waals surface area contributed by atoms with Crippen molar-refractivity contribution >= 4 is 41.5 Å². The predicted molar refractivity (Wildman–Crippen MR) is 123 cm³/mol. The summed E-state index contributed by atoms with van der Waals surface area (Å²) in [5.41, 5.74) is 0.669. The summed E-state index contributed by atoms with van der Waals surface area (Å²) in [4.78, 5) is 49.2. The molecule has 0 saturated heterocycles. The molecule has 0 aliphatic carbocycles. The lowest BCUT2D eigenvalue weighted by molar-refractivity contribution is -0.133. The molecule has 0 unspecified atom stereocenters. The minimum Gasteiger partial charge on any atom is -0.350 e. The molecule has 0 aliphatic rings. The Labute approximate surface area is 192 Å². The lowest BCUT2D eigenvalue weighted by Gasteiger charge is -2.23. The molecule has 1 aromatic rings. The molecule has 8 nitrogen and oxygen atoms in total. The summed E-state index contributed by atoms with van der Waals surface area (Å²) < 4.78 is 13.1. The molecule has 0 spiro atoms. The van der Waals surface area contributed by atoms with E-state index in [0.717, 1.165) is 0 Å². The van der Waals surface area contributed by atoms with E-state index in [4.69, 9.17) is 5.41 Å². The van der Waals surface area contributed by atoms with Crippen LogP contribution < -0.4 is 16.0 Å². The SMILES string of the molecule is CSCC[C@H](NC(=O)C(C)C)C(=O)N[C@@H](CCC(=O)C=N)C(=O)NCc1ccc(F)cc1. The number of hydrogen-bond donors (Lipinski definition) is 4. The van der Waals surface area contributed by atoms with Crippen molar-refractivity contribution in [2.45, 2.75) is 51.7 Å². The van der Waals surface area contributed by atoms with Crippen molar-refractivity contribution in [3.8, 4) is 0 Å². The van der Waals surface area contributed by atoms with Gasteiger partial charge in [0.05, 0.1) is 6.21 Å². The third-order valence-electron chi connectivity index (χ3n) is 4.62. The first-order valence-electron chi connectivity index (χ1n) is 10.3. The van der Waals surface area contributed by atoms with Crippen molar-refractivity contribution < 1.29 is 23.6 Å². The molecule has 1 rings (SSSR count). The third kappa shape index (κ3) is 10.0. The van der Waals surface area contributed by atoms with Crippen LogP contribution in [-0.2, 0) is 25.7 Å². The van der Waals surface area contributed by atoms with E-state index in [1.54, 1.807) is 13.8 Å². The zero-order valence-electron chi connectivity index (χ0n) is 18.6. The molecular weight excluding hydrogens is 435 g/mol. The fourth-order valence-electron chi connectivity index (χ4n) is 2.66. The molecule has 0 aromatic heterocycles. The van der Waals surface area contributed by atoms with Crippen LogP contribution in [0.15, 0.2) is 24.3 Å². The standard InChI is InChI=1S/C22H31FN4O4S/c1-14(2)20(29)26-19(10-11-32-3)22(31)27-18(9-8-17(28)12-24)21(30)25-13-15-4-6-16(23)7-5-15/h4-7,12,14,18-19,24H,8-11,13H2,1-3H3,(H,25,30)(H,26,29)(H,27,31)/t18-,19-/m0/s1. The minimum absolute atomic E-state index is 0.00256. The average molecular weight is 467 g/mol. The molecule has 0 fully saturated rings. The Kier molecular flexibility index (Phi) is 12.2. The maximum atomic E-state index is 13.1. The first-order valence-corrected chi connectivity index (χ1v) is 11.7. The number of carbonyl (C=O) groups is 4. The van der Waals surface area contributed by atoms with Gasteiger partial charge in [0.25, 0.3) is 0 Å². The first kappa shape index (κ1) is 27.3. The first-order chi connectivity index (χ1) is 15.2. The number of Topliss-reactive ketones (excluding diaryl/α,β-unsaturated/α-hetero) is 1. The number of benzene rings is 1. The van der Waals surface area contributed by atoms with Crippen molar-refractivity contribution in [2.24, 2.45) is 5.92 Å². The summed E-state index contributed by atoms with van der Waals surface area (Å²) in [6.45, 7) is 3.55. The Hall–Kier alpha value is -2.75. The van der Waals surface area contributed by atoms with E-state index in [9.17, 15) is 23.6 Å². The van der Waals surface area contributed by atoms with Crippen LogP contribution in [0.3, 0.4) is 0 Å². The largest absolute Gasteiger partial charge is 0.350 e. The normalized spacial score (nSPS) is 12.5. The van der Waals surface area contributed by atoms with E-state index in [0.29, 0.717) is 24.0 Å². The maximum Gasteiger partial charge on any atom is 0.243 e. The second-order valence-electron chi connectivity index (χ2n) is 7.55. The number of rotatable bonds is 14. The van der Waals surface area contributed by atoms with Crippen molar-refractivity contribution in [2.75, 3.05) is 12.0 Å². The van der Waals surface area contributed by atoms with Gasteiger partial charge in [0.15, 0.2) is 5.78 Å². The van der Waals surface area contributed by atoms with Crippen LogP contribution in [-0.4, -0.2) is 53.8 Å². The van der Waals surface area contributed by atoms with Crippen LogP contribution in [0.2, 0.25) is 0 Å². The highest BCUT2D eigenvalue weighted by Gasteiger charge is 2.27. The molecular formula is C22H31FN4O4S. The highest BCUT2D eigenvalue weighted by molar-refractivity contribution is 7.98. The van der Waals surface area contributed by atoms with Crippen LogP contribution in [0.1, 0.15) is 38.7 Å². The summed E-state index contributed by atoms with van der Waals surface area (Å²) in [6.07, 6.45) is 2.84. The van der Waals surface area contributed by atoms with Gasteiger partial charge in [-0.15, -0.1) is 0 Å². The van der Waals surface area contributed by atoms with Gasteiger partial charge in [-0.3, -0.25) is 19.2 Å². The Bertz CT molecular complexity index is 802.